The quantitative estimate of drug-likeness (QED) is 0.768. The number of hydrogen-bond acceptors (Lipinski definition) is 5. The fourth-order valence-corrected chi connectivity index (χ4v) is 3.97. The minimum Gasteiger partial charge on any atom is -0.374 e. The second-order valence-corrected chi connectivity index (χ2v) is 7.51. The molecule has 0 fully saturated rings. The summed E-state index contributed by atoms with van der Waals surface area (Å²) in [4.78, 5) is 33.0. The molecule has 1 aliphatic heterocycles. The van der Waals surface area contributed by atoms with Crippen LogP contribution in [0.4, 0.5) is 11.4 Å². The van der Waals surface area contributed by atoms with Crippen LogP contribution in [0.3, 0.4) is 0 Å². The number of nitrogens with zero attached hydrogens (tertiary/aromatic N) is 3. The van der Waals surface area contributed by atoms with Crippen molar-refractivity contribution in [3.05, 3.63) is 57.0 Å². The molecule has 128 valence electrons. The molecule has 0 radical (unpaired) electrons. The molecule has 2 aromatic heterocycles. The monoisotopic (exact) mass is 354 g/mol. The maximum Gasteiger partial charge on any atom is 0.271 e. The van der Waals surface area contributed by atoms with E-state index in [1.807, 2.05) is 32.2 Å². The van der Waals surface area contributed by atoms with Gasteiger partial charge in [-0.15, -0.1) is 11.3 Å². The van der Waals surface area contributed by atoms with Gasteiger partial charge in [0.05, 0.1) is 0 Å². The highest BCUT2D eigenvalue weighted by atomic mass is 32.1. The smallest absolute Gasteiger partial charge is 0.271 e. The van der Waals surface area contributed by atoms with Crippen molar-refractivity contribution in [2.45, 2.75) is 19.8 Å². The fourth-order valence-electron chi connectivity index (χ4n) is 3.19. The SMILES string of the molecule is Cc1cn2c(=O)c(C(=O)Nc3ccc4c(c3)N(C)CCC4)cnc2s1. The highest BCUT2D eigenvalue weighted by Crippen LogP contribution is 2.29. The third-order valence-electron chi connectivity index (χ3n) is 4.46. The highest BCUT2D eigenvalue weighted by molar-refractivity contribution is 7.16. The van der Waals surface area contributed by atoms with Gasteiger partial charge in [0.1, 0.15) is 5.56 Å². The number of fused-ring (bicyclic) bond motifs is 2. The van der Waals surface area contributed by atoms with Crippen LogP contribution in [0.2, 0.25) is 0 Å². The Balaban J connectivity index is 1.65. The van der Waals surface area contributed by atoms with E-state index in [1.165, 1.54) is 27.5 Å². The van der Waals surface area contributed by atoms with Crippen LogP contribution in [0.1, 0.15) is 27.2 Å². The molecule has 6 nitrogen and oxygen atoms in total. The lowest BCUT2D eigenvalue weighted by Gasteiger charge is -2.28. The number of anilines is 2. The highest BCUT2D eigenvalue weighted by Gasteiger charge is 2.17. The Morgan fingerprint density at radius 3 is 3.04 bits per heavy atom. The molecular weight excluding hydrogens is 336 g/mol. The number of carbonyl (C=O) groups is 1. The summed E-state index contributed by atoms with van der Waals surface area (Å²) in [6.07, 6.45) is 5.25. The largest absolute Gasteiger partial charge is 0.374 e. The number of nitrogens with one attached hydrogen (secondary N) is 1. The topological polar surface area (TPSA) is 66.7 Å². The molecule has 25 heavy (non-hydrogen) atoms. The second kappa shape index (κ2) is 6.00. The molecule has 1 aromatic carbocycles. The molecule has 0 atom stereocenters. The third kappa shape index (κ3) is 2.80. The van der Waals surface area contributed by atoms with Gasteiger partial charge in [-0.1, -0.05) is 6.07 Å². The average Bonchev–Trinajstić information content (AvgIpc) is 2.97. The van der Waals surface area contributed by atoms with Gasteiger partial charge < -0.3 is 10.2 Å². The van der Waals surface area contributed by atoms with Gasteiger partial charge >= 0.3 is 0 Å². The minimum atomic E-state index is -0.436. The van der Waals surface area contributed by atoms with Gasteiger partial charge in [0.15, 0.2) is 4.96 Å². The lowest BCUT2D eigenvalue weighted by atomic mass is 10.0. The third-order valence-corrected chi connectivity index (χ3v) is 5.37. The van der Waals surface area contributed by atoms with E-state index in [9.17, 15) is 9.59 Å². The van der Waals surface area contributed by atoms with Crippen molar-refractivity contribution in [2.24, 2.45) is 0 Å². The zero-order valence-corrected chi connectivity index (χ0v) is 14.9. The molecule has 0 spiro atoms. The molecule has 7 heteroatoms. The summed E-state index contributed by atoms with van der Waals surface area (Å²) in [5.74, 6) is -0.436. The van der Waals surface area contributed by atoms with Crippen LogP contribution in [-0.2, 0) is 6.42 Å². The van der Waals surface area contributed by atoms with Crippen LogP contribution in [-0.4, -0.2) is 28.9 Å². The van der Waals surface area contributed by atoms with Crippen molar-refractivity contribution in [3.63, 3.8) is 0 Å². The maximum atomic E-state index is 12.6. The van der Waals surface area contributed by atoms with E-state index in [4.69, 9.17) is 0 Å². The summed E-state index contributed by atoms with van der Waals surface area (Å²) in [5.41, 5.74) is 2.79. The molecule has 0 aliphatic carbocycles. The number of carbonyl (C=O) groups excluding carboxylic acids is 1. The zero-order chi connectivity index (χ0) is 17.6. The maximum absolute atomic E-state index is 12.6. The van der Waals surface area contributed by atoms with Crippen LogP contribution in [0.25, 0.3) is 4.96 Å². The Morgan fingerprint density at radius 1 is 1.36 bits per heavy atom. The first-order chi connectivity index (χ1) is 12.0. The number of aromatic nitrogens is 2. The van der Waals surface area contributed by atoms with E-state index >= 15 is 0 Å². The number of thiazole rings is 1. The Hall–Kier alpha value is -2.67. The van der Waals surface area contributed by atoms with Gasteiger partial charge in [-0.3, -0.25) is 14.0 Å². The standard InChI is InChI=1S/C18H18N4O2S/c1-11-10-22-17(24)14(9-19-18(22)25-11)16(23)20-13-6-5-12-4-3-7-21(2)15(12)8-13/h5-6,8-10H,3-4,7H2,1-2H3,(H,20,23). The summed E-state index contributed by atoms with van der Waals surface area (Å²) in [6.45, 7) is 2.91. The Labute approximate surface area is 148 Å². The molecule has 1 amide bonds. The van der Waals surface area contributed by atoms with Crippen LogP contribution in [0.5, 0.6) is 0 Å². The number of hydrogen-bond donors (Lipinski definition) is 1. The first kappa shape index (κ1) is 15.8. The van der Waals surface area contributed by atoms with Crippen molar-refractivity contribution in [1.29, 1.82) is 0 Å². The van der Waals surface area contributed by atoms with E-state index in [1.54, 1.807) is 6.20 Å². The number of benzene rings is 1. The molecule has 0 saturated carbocycles. The summed E-state index contributed by atoms with van der Waals surface area (Å²) in [6, 6.07) is 5.88. The molecule has 0 bridgehead atoms. The van der Waals surface area contributed by atoms with Gasteiger partial charge in [0, 0.05) is 42.2 Å². The average molecular weight is 354 g/mol. The van der Waals surface area contributed by atoms with Crippen molar-refractivity contribution < 1.29 is 4.79 Å². The molecule has 3 aromatic rings. The van der Waals surface area contributed by atoms with E-state index in [2.05, 4.69) is 15.2 Å². The first-order valence-electron chi connectivity index (χ1n) is 8.16. The van der Waals surface area contributed by atoms with Gasteiger partial charge in [0.25, 0.3) is 11.5 Å². The van der Waals surface area contributed by atoms with Crippen LogP contribution in [0.15, 0.2) is 35.4 Å². The number of rotatable bonds is 2. The van der Waals surface area contributed by atoms with Crippen molar-refractivity contribution in [2.75, 3.05) is 23.8 Å². The summed E-state index contributed by atoms with van der Waals surface area (Å²) < 4.78 is 1.43. The van der Waals surface area contributed by atoms with E-state index < -0.39 is 5.91 Å². The Bertz CT molecular complexity index is 1040. The van der Waals surface area contributed by atoms with Gasteiger partial charge in [0.2, 0.25) is 0 Å². The molecule has 3 heterocycles. The molecule has 1 N–H and O–H groups in total. The molecule has 1 aliphatic rings. The first-order valence-corrected chi connectivity index (χ1v) is 8.98. The van der Waals surface area contributed by atoms with E-state index in [0.29, 0.717) is 10.6 Å². The fraction of sp³-hybridized carbons (Fsp3) is 0.278. The molecule has 0 unspecified atom stereocenters. The van der Waals surface area contributed by atoms with Gasteiger partial charge in [-0.2, -0.15) is 0 Å². The molecular formula is C18H18N4O2S. The van der Waals surface area contributed by atoms with Crippen molar-refractivity contribution in [1.82, 2.24) is 9.38 Å². The predicted octanol–water partition coefficient (Wildman–Crippen LogP) is 2.70. The summed E-state index contributed by atoms with van der Waals surface area (Å²) in [5, 5.41) is 2.83. The van der Waals surface area contributed by atoms with E-state index in [0.717, 1.165) is 30.0 Å². The summed E-state index contributed by atoms with van der Waals surface area (Å²) >= 11 is 1.42. The lowest BCUT2D eigenvalue weighted by molar-refractivity contribution is 0.102. The second-order valence-electron chi connectivity index (χ2n) is 6.29. The van der Waals surface area contributed by atoms with Crippen LogP contribution in [0, 0.1) is 6.92 Å². The number of aryl methyl sites for hydroxylation is 2. The molecule has 0 saturated heterocycles. The predicted molar refractivity (Wildman–Crippen MR) is 100 cm³/mol. The zero-order valence-electron chi connectivity index (χ0n) is 14.1. The van der Waals surface area contributed by atoms with Gasteiger partial charge in [-0.05, 0) is 37.5 Å². The van der Waals surface area contributed by atoms with Gasteiger partial charge in [-0.25, -0.2) is 4.98 Å². The van der Waals surface area contributed by atoms with Crippen LogP contribution < -0.4 is 15.8 Å². The van der Waals surface area contributed by atoms with Crippen molar-refractivity contribution in [3.8, 4) is 0 Å². The van der Waals surface area contributed by atoms with Crippen LogP contribution >= 0.6 is 11.3 Å². The molecule has 4 rings (SSSR count). The minimum absolute atomic E-state index is 0.0429. The Kier molecular flexibility index (Phi) is 3.80. The van der Waals surface area contributed by atoms with E-state index in [-0.39, 0.29) is 11.1 Å². The summed E-state index contributed by atoms with van der Waals surface area (Å²) in [7, 11) is 2.05. The number of amides is 1. The normalized spacial score (nSPS) is 13.8. The van der Waals surface area contributed by atoms with Crippen molar-refractivity contribution >= 4 is 33.6 Å². The Morgan fingerprint density at radius 2 is 2.20 bits per heavy atom. The lowest BCUT2D eigenvalue weighted by Crippen LogP contribution is -2.27.